The van der Waals surface area contributed by atoms with Crippen LogP contribution in [0.5, 0.6) is 11.5 Å². The Morgan fingerprint density at radius 1 is 1.20 bits per heavy atom. The molecule has 7 nitrogen and oxygen atoms in total. The van der Waals surface area contributed by atoms with Crippen molar-refractivity contribution in [3.05, 3.63) is 17.7 Å². The van der Waals surface area contributed by atoms with Gasteiger partial charge >= 0.3 is 5.97 Å². The minimum Gasteiger partial charge on any atom is -0.493 e. The van der Waals surface area contributed by atoms with Gasteiger partial charge in [-0.15, -0.1) is 0 Å². The number of carbonyl (C=O) groups excluding carboxylic acids is 2. The number of hydrogen-bond acceptors (Lipinski definition) is 6. The van der Waals surface area contributed by atoms with Crippen LogP contribution >= 0.6 is 0 Å². The fourth-order valence-electron chi connectivity index (χ4n) is 1.61. The molecule has 0 fully saturated rings. The highest BCUT2D eigenvalue weighted by Gasteiger charge is 2.22. The molecule has 0 aliphatic rings. The Labute approximate surface area is 116 Å². The molecule has 1 atom stereocenters. The predicted molar refractivity (Wildman–Crippen MR) is 72.6 cm³/mol. The van der Waals surface area contributed by atoms with Crippen LogP contribution in [0.2, 0.25) is 0 Å². The zero-order valence-corrected chi connectivity index (χ0v) is 11.6. The van der Waals surface area contributed by atoms with Crippen molar-refractivity contribution in [3.63, 3.8) is 0 Å². The topological polar surface area (TPSA) is 114 Å². The third kappa shape index (κ3) is 3.31. The first-order valence-electron chi connectivity index (χ1n) is 5.96. The van der Waals surface area contributed by atoms with Crippen LogP contribution in [0.25, 0.3) is 0 Å². The molecule has 0 aromatic heterocycles. The summed E-state index contributed by atoms with van der Waals surface area (Å²) in [6.45, 7) is 1.68. The van der Waals surface area contributed by atoms with E-state index in [-0.39, 0.29) is 17.7 Å². The smallest absolute Gasteiger partial charge is 0.341 e. The molecular weight excluding hydrogens is 264 g/mol. The highest BCUT2D eigenvalue weighted by Crippen LogP contribution is 2.32. The quantitative estimate of drug-likeness (QED) is 0.586. The highest BCUT2D eigenvalue weighted by molar-refractivity contribution is 5.97. The van der Waals surface area contributed by atoms with Gasteiger partial charge in [0.05, 0.1) is 25.5 Å². The van der Waals surface area contributed by atoms with Crippen LogP contribution in [-0.4, -0.2) is 32.2 Å². The van der Waals surface area contributed by atoms with E-state index in [0.717, 1.165) is 0 Å². The Hall–Kier alpha value is -2.44. The minimum absolute atomic E-state index is 0.0855. The van der Waals surface area contributed by atoms with Gasteiger partial charge in [-0.1, -0.05) is 6.92 Å². The Morgan fingerprint density at radius 3 is 2.20 bits per heavy atom. The molecule has 110 valence electrons. The Morgan fingerprint density at radius 2 is 1.75 bits per heavy atom. The fourth-order valence-corrected chi connectivity index (χ4v) is 1.61. The number of esters is 1. The SMILES string of the molecule is CCC(OC(=O)c1cc(OC)c(OC)cc1N)C(N)=O. The molecule has 0 aliphatic carbocycles. The highest BCUT2D eigenvalue weighted by atomic mass is 16.5. The average molecular weight is 282 g/mol. The molecule has 0 aliphatic heterocycles. The normalized spacial score (nSPS) is 11.6. The lowest BCUT2D eigenvalue weighted by atomic mass is 10.1. The van der Waals surface area contributed by atoms with E-state index < -0.39 is 18.0 Å². The van der Waals surface area contributed by atoms with Crippen LogP contribution in [0.15, 0.2) is 12.1 Å². The van der Waals surface area contributed by atoms with Crippen LogP contribution in [0, 0.1) is 0 Å². The lowest BCUT2D eigenvalue weighted by Gasteiger charge is -2.15. The lowest BCUT2D eigenvalue weighted by molar-refractivity contribution is -0.126. The molecule has 1 aromatic rings. The molecule has 0 radical (unpaired) electrons. The number of amides is 1. The summed E-state index contributed by atoms with van der Waals surface area (Å²) >= 11 is 0. The summed E-state index contributed by atoms with van der Waals surface area (Å²) in [7, 11) is 2.89. The van der Waals surface area contributed by atoms with E-state index in [1.54, 1.807) is 6.92 Å². The van der Waals surface area contributed by atoms with Gasteiger partial charge in [0.25, 0.3) is 5.91 Å². The number of methoxy groups -OCH3 is 2. The largest absolute Gasteiger partial charge is 0.493 e. The first-order chi connectivity index (χ1) is 9.44. The van der Waals surface area contributed by atoms with Crippen LogP contribution in [0.3, 0.4) is 0 Å². The lowest BCUT2D eigenvalue weighted by Crippen LogP contribution is -2.32. The number of hydrogen-bond donors (Lipinski definition) is 2. The molecule has 4 N–H and O–H groups in total. The molecule has 1 aromatic carbocycles. The molecule has 0 heterocycles. The second-order valence-corrected chi connectivity index (χ2v) is 4.00. The van der Waals surface area contributed by atoms with E-state index in [4.69, 9.17) is 25.7 Å². The number of benzene rings is 1. The summed E-state index contributed by atoms with van der Waals surface area (Å²) < 4.78 is 15.2. The van der Waals surface area contributed by atoms with E-state index in [1.807, 2.05) is 0 Å². The van der Waals surface area contributed by atoms with E-state index >= 15 is 0 Å². The van der Waals surface area contributed by atoms with Crippen molar-refractivity contribution in [2.75, 3.05) is 20.0 Å². The second kappa shape index (κ2) is 6.65. The van der Waals surface area contributed by atoms with Crippen molar-refractivity contribution in [2.45, 2.75) is 19.4 Å². The first kappa shape index (κ1) is 15.6. The predicted octanol–water partition coefficient (Wildman–Crippen LogP) is 0.707. The second-order valence-electron chi connectivity index (χ2n) is 4.00. The van der Waals surface area contributed by atoms with Gasteiger partial charge in [-0.3, -0.25) is 4.79 Å². The van der Waals surface area contributed by atoms with Crippen LogP contribution < -0.4 is 20.9 Å². The van der Waals surface area contributed by atoms with E-state index in [1.165, 1.54) is 26.4 Å². The molecular formula is C13H18N2O5. The number of rotatable bonds is 6. The number of ether oxygens (including phenoxy) is 3. The Kier molecular flexibility index (Phi) is 5.19. The molecule has 0 bridgehead atoms. The molecule has 7 heteroatoms. The minimum atomic E-state index is -0.991. The molecule has 1 rings (SSSR count). The molecule has 1 amide bonds. The van der Waals surface area contributed by atoms with Gasteiger partial charge in [-0.05, 0) is 6.42 Å². The van der Waals surface area contributed by atoms with E-state index in [9.17, 15) is 9.59 Å². The third-order valence-electron chi connectivity index (χ3n) is 2.71. The molecule has 20 heavy (non-hydrogen) atoms. The molecule has 0 spiro atoms. The summed E-state index contributed by atoms with van der Waals surface area (Å²) in [5.41, 5.74) is 11.1. The summed E-state index contributed by atoms with van der Waals surface area (Å²) in [6, 6.07) is 2.84. The number of nitrogens with two attached hydrogens (primary N) is 2. The Bertz CT molecular complexity index is 516. The van der Waals surface area contributed by atoms with Gasteiger partial charge in [-0.25, -0.2) is 4.79 Å². The standard InChI is InChI=1S/C13H18N2O5/c1-4-9(12(15)16)20-13(17)7-5-10(18-2)11(19-3)6-8(7)14/h5-6,9H,4,14H2,1-3H3,(H2,15,16). The number of primary amides is 1. The monoisotopic (exact) mass is 282 g/mol. The van der Waals surface area contributed by atoms with Crippen molar-refractivity contribution < 1.29 is 23.8 Å². The zero-order chi connectivity index (χ0) is 15.3. The van der Waals surface area contributed by atoms with E-state index in [0.29, 0.717) is 11.5 Å². The van der Waals surface area contributed by atoms with Crippen molar-refractivity contribution >= 4 is 17.6 Å². The van der Waals surface area contributed by atoms with Crippen LogP contribution in [0.4, 0.5) is 5.69 Å². The van der Waals surface area contributed by atoms with Gasteiger partial charge in [0.2, 0.25) is 0 Å². The Balaban J connectivity index is 3.07. The maximum atomic E-state index is 12.0. The summed E-state index contributed by atoms with van der Waals surface area (Å²) in [5, 5.41) is 0. The maximum Gasteiger partial charge on any atom is 0.341 e. The van der Waals surface area contributed by atoms with Gasteiger partial charge in [0.1, 0.15) is 0 Å². The number of anilines is 1. The van der Waals surface area contributed by atoms with Gasteiger partial charge in [0, 0.05) is 12.1 Å². The van der Waals surface area contributed by atoms with Crippen molar-refractivity contribution in [2.24, 2.45) is 5.73 Å². The number of carbonyl (C=O) groups is 2. The molecule has 0 saturated heterocycles. The first-order valence-corrected chi connectivity index (χ1v) is 5.96. The summed E-state index contributed by atoms with van der Waals surface area (Å²) in [5.74, 6) is -0.724. The molecule has 1 unspecified atom stereocenters. The summed E-state index contributed by atoms with van der Waals surface area (Å²) in [6.07, 6.45) is -0.705. The van der Waals surface area contributed by atoms with Gasteiger partial charge in [0.15, 0.2) is 17.6 Å². The van der Waals surface area contributed by atoms with Crippen molar-refractivity contribution in [3.8, 4) is 11.5 Å². The van der Waals surface area contributed by atoms with E-state index in [2.05, 4.69) is 0 Å². The third-order valence-corrected chi connectivity index (χ3v) is 2.71. The number of nitrogen functional groups attached to an aromatic ring is 1. The van der Waals surface area contributed by atoms with Gasteiger partial charge in [-0.2, -0.15) is 0 Å². The summed E-state index contributed by atoms with van der Waals surface area (Å²) in [4.78, 5) is 23.1. The maximum absolute atomic E-state index is 12.0. The van der Waals surface area contributed by atoms with Crippen molar-refractivity contribution in [1.82, 2.24) is 0 Å². The fraction of sp³-hybridized carbons (Fsp3) is 0.385. The average Bonchev–Trinajstić information content (AvgIpc) is 2.43. The van der Waals surface area contributed by atoms with Crippen molar-refractivity contribution in [1.29, 1.82) is 0 Å². The molecule has 0 saturated carbocycles. The van der Waals surface area contributed by atoms with Gasteiger partial charge < -0.3 is 25.7 Å². The zero-order valence-electron chi connectivity index (χ0n) is 11.6. The van der Waals surface area contributed by atoms with Crippen LogP contribution in [0.1, 0.15) is 23.7 Å². The van der Waals surface area contributed by atoms with Crippen LogP contribution in [-0.2, 0) is 9.53 Å².